The molecule has 0 fully saturated rings. The Bertz CT molecular complexity index is 582. The summed E-state index contributed by atoms with van der Waals surface area (Å²) < 4.78 is 0. The Morgan fingerprint density at radius 3 is 2.58 bits per heavy atom. The molecule has 0 radical (unpaired) electrons. The van der Waals surface area contributed by atoms with Crippen molar-refractivity contribution in [2.75, 3.05) is 11.9 Å². The van der Waals surface area contributed by atoms with Crippen molar-refractivity contribution in [1.82, 2.24) is 4.98 Å². The third-order valence-corrected chi connectivity index (χ3v) is 3.47. The highest BCUT2D eigenvalue weighted by atomic mass is 35.5. The lowest BCUT2D eigenvalue weighted by atomic mass is 10.1. The Hall–Kier alpha value is -0.990. The molecule has 0 aliphatic rings. The number of nitrogens with one attached hydrogen (secondary N) is 1. The third kappa shape index (κ3) is 3.31. The average Bonchev–Trinajstić information content (AvgIpc) is 2.35. The van der Waals surface area contributed by atoms with Gasteiger partial charge in [-0.25, -0.2) is 0 Å². The minimum atomic E-state index is 0.625. The quantitative estimate of drug-likeness (QED) is 0.808. The van der Waals surface area contributed by atoms with Gasteiger partial charge >= 0.3 is 0 Å². The van der Waals surface area contributed by atoms with E-state index in [1.54, 1.807) is 6.07 Å². The van der Waals surface area contributed by atoms with Crippen LogP contribution >= 0.6 is 23.2 Å². The highest BCUT2D eigenvalue weighted by Crippen LogP contribution is 2.33. The molecule has 102 valence electrons. The van der Waals surface area contributed by atoms with Crippen molar-refractivity contribution in [3.05, 3.63) is 33.9 Å². The summed E-state index contributed by atoms with van der Waals surface area (Å²) in [4.78, 5) is 4.65. The maximum absolute atomic E-state index is 6.31. The number of benzene rings is 1. The van der Waals surface area contributed by atoms with Crippen LogP contribution in [0.5, 0.6) is 0 Å². The van der Waals surface area contributed by atoms with Crippen LogP contribution in [-0.4, -0.2) is 11.5 Å². The van der Waals surface area contributed by atoms with Gasteiger partial charge in [-0.1, -0.05) is 43.5 Å². The van der Waals surface area contributed by atoms with Gasteiger partial charge in [0.05, 0.1) is 10.5 Å². The number of anilines is 1. The Labute approximate surface area is 124 Å². The van der Waals surface area contributed by atoms with Crippen molar-refractivity contribution in [2.45, 2.75) is 33.1 Å². The molecule has 1 N–H and O–H groups in total. The van der Waals surface area contributed by atoms with E-state index in [4.69, 9.17) is 23.2 Å². The Kier molecular flexibility index (Phi) is 4.89. The highest BCUT2D eigenvalue weighted by molar-refractivity contribution is 6.39. The summed E-state index contributed by atoms with van der Waals surface area (Å²) in [5.74, 6) is 0. The van der Waals surface area contributed by atoms with Crippen LogP contribution in [-0.2, 0) is 6.42 Å². The van der Waals surface area contributed by atoms with Crippen LogP contribution in [0.25, 0.3) is 10.9 Å². The minimum Gasteiger partial charge on any atom is -0.384 e. The second-order valence-electron chi connectivity index (χ2n) is 4.62. The normalized spacial score (nSPS) is 10.9. The van der Waals surface area contributed by atoms with Crippen molar-refractivity contribution < 1.29 is 0 Å². The monoisotopic (exact) mass is 296 g/mol. The molecule has 0 amide bonds. The van der Waals surface area contributed by atoms with Crippen molar-refractivity contribution in [3.63, 3.8) is 0 Å². The Balaban J connectivity index is 2.60. The zero-order valence-electron chi connectivity index (χ0n) is 11.3. The van der Waals surface area contributed by atoms with Crippen LogP contribution in [0.2, 0.25) is 10.0 Å². The molecule has 1 aromatic carbocycles. The molecule has 0 bridgehead atoms. The first-order chi connectivity index (χ1) is 9.15. The average molecular weight is 297 g/mol. The first kappa shape index (κ1) is 14.4. The molecule has 0 saturated heterocycles. The molecule has 1 aromatic heterocycles. The summed E-state index contributed by atoms with van der Waals surface area (Å²) in [5.41, 5.74) is 2.99. The molecule has 0 unspecified atom stereocenters. The molecule has 2 rings (SSSR count). The smallest absolute Gasteiger partial charge is 0.0755 e. The van der Waals surface area contributed by atoms with Gasteiger partial charge in [0.2, 0.25) is 0 Å². The van der Waals surface area contributed by atoms with E-state index in [-0.39, 0.29) is 0 Å². The van der Waals surface area contributed by atoms with Crippen molar-refractivity contribution in [2.24, 2.45) is 0 Å². The maximum atomic E-state index is 6.31. The van der Waals surface area contributed by atoms with Gasteiger partial charge in [0.15, 0.2) is 0 Å². The topological polar surface area (TPSA) is 24.9 Å². The number of rotatable bonds is 5. The van der Waals surface area contributed by atoms with E-state index in [1.807, 2.05) is 6.07 Å². The van der Waals surface area contributed by atoms with E-state index in [1.165, 1.54) is 0 Å². The van der Waals surface area contributed by atoms with Crippen LogP contribution in [0.3, 0.4) is 0 Å². The van der Waals surface area contributed by atoms with Gasteiger partial charge in [0, 0.05) is 28.3 Å². The van der Waals surface area contributed by atoms with E-state index in [0.29, 0.717) is 10.0 Å². The molecule has 0 atom stereocenters. The number of pyridine rings is 1. The van der Waals surface area contributed by atoms with E-state index >= 15 is 0 Å². The fraction of sp³-hybridized carbons (Fsp3) is 0.400. The fourth-order valence-electron chi connectivity index (χ4n) is 2.12. The van der Waals surface area contributed by atoms with Gasteiger partial charge in [-0.15, -0.1) is 0 Å². The number of fused-ring (bicyclic) bond motifs is 1. The van der Waals surface area contributed by atoms with E-state index < -0.39 is 0 Å². The lowest BCUT2D eigenvalue weighted by molar-refractivity contribution is 0.889. The van der Waals surface area contributed by atoms with Gasteiger partial charge in [0.25, 0.3) is 0 Å². The fourth-order valence-corrected chi connectivity index (χ4v) is 2.71. The van der Waals surface area contributed by atoms with Crippen molar-refractivity contribution in [3.8, 4) is 0 Å². The minimum absolute atomic E-state index is 0.625. The number of aromatic nitrogens is 1. The number of hydrogen-bond donors (Lipinski definition) is 1. The largest absolute Gasteiger partial charge is 0.384 e. The number of halogens is 2. The first-order valence-corrected chi connectivity index (χ1v) is 7.43. The Morgan fingerprint density at radius 2 is 1.89 bits per heavy atom. The molecule has 0 aliphatic carbocycles. The second-order valence-corrected chi connectivity index (χ2v) is 5.46. The summed E-state index contributed by atoms with van der Waals surface area (Å²) in [7, 11) is 0. The standard InChI is InChI=1S/C15H18Cl2N2/c1-3-5-11-9-13(18-6-4-2)15-12(17)7-10(16)8-14(15)19-11/h7-9H,3-6H2,1-2H3,(H,18,19). The summed E-state index contributed by atoms with van der Waals surface area (Å²) in [5, 5.41) is 5.66. The second kappa shape index (κ2) is 6.44. The first-order valence-electron chi connectivity index (χ1n) is 6.68. The number of aryl methyl sites for hydroxylation is 1. The van der Waals surface area contributed by atoms with Gasteiger partial charge < -0.3 is 5.32 Å². The number of nitrogens with zero attached hydrogens (tertiary/aromatic N) is 1. The van der Waals surface area contributed by atoms with E-state index in [9.17, 15) is 0 Å². The molecule has 4 heteroatoms. The number of hydrogen-bond acceptors (Lipinski definition) is 2. The van der Waals surface area contributed by atoms with E-state index in [2.05, 4.69) is 30.2 Å². The Morgan fingerprint density at radius 1 is 1.11 bits per heavy atom. The van der Waals surface area contributed by atoms with Gasteiger partial charge in [-0.05, 0) is 31.0 Å². The third-order valence-electron chi connectivity index (χ3n) is 2.95. The predicted molar refractivity (Wildman–Crippen MR) is 84.5 cm³/mol. The van der Waals surface area contributed by atoms with Gasteiger partial charge in [-0.2, -0.15) is 0 Å². The molecule has 0 aliphatic heterocycles. The molecular weight excluding hydrogens is 279 g/mol. The zero-order valence-corrected chi connectivity index (χ0v) is 12.8. The maximum Gasteiger partial charge on any atom is 0.0755 e. The SMILES string of the molecule is CCCNc1cc(CCC)nc2cc(Cl)cc(Cl)c12. The van der Waals surface area contributed by atoms with Crippen LogP contribution in [0.15, 0.2) is 18.2 Å². The molecule has 2 aromatic rings. The van der Waals surface area contributed by atoms with Crippen LogP contribution in [0.1, 0.15) is 32.4 Å². The van der Waals surface area contributed by atoms with Gasteiger partial charge in [0.1, 0.15) is 0 Å². The molecule has 0 spiro atoms. The molecule has 19 heavy (non-hydrogen) atoms. The van der Waals surface area contributed by atoms with Crippen LogP contribution < -0.4 is 5.32 Å². The van der Waals surface area contributed by atoms with Crippen molar-refractivity contribution in [1.29, 1.82) is 0 Å². The summed E-state index contributed by atoms with van der Waals surface area (Å²) >= 11 is 12.4. The van der Waals surface area contributed by atoms with Crippen molar-refractivity contribution >= 4 is 39.8 Å². The van der Waals surface area contributed by atoms with E-state index in [0.717, 1.165) is 48.1 Å². The zero-order chi connectivity index (χ0) is 13.8. The summed E-state index contributed by atoms with van der Waals surface area (Å²) in [6.07, 6.45) is 3.10. The van der Waals surface area contributed by atoms with Crippen LogP contribution in [0, 0.1) is 0 Å². The summed E-state index contributed by atoms with van der Waals surface area (Å²) in [6.45, 7) is 5.21. The van der Waals surface area contributed by atoms with Gasteiger partial charge in [-0.3, -0.25) is 4.98 Å². The molecule has 0 saturated carbocycles. The highest BCUT2D eigenvalue weighted by Gasteiger charge is 2.10. The lowest BCUT2D eigenvalue weighted by Gasteiger charge is -2.12. The predicted octanol–water partition coefficient (Wildman–Crippen LogP) is 5.32. The molecular formula is C15H18Cl2N2. The van der Waals surface area contributed by atoms with Crippen LogP contribution in [0.4, 0.5) is 5.69 Å². The molecule has 1 heterocycles. The lowest BCUT2D eigenvalue weighted by Crippen LogP contribution is -2.03. The molecule has 2 nitrogen and oxygen atoms in total. The summed E-state index contributed by atoms with van der Waals surface area (Å²) in [6, 6.07) is 5.74.